The van der Waals surface area contributed by atoms with Gasteiger partial charge in [-0.2, -0.15) is 5.10 Å². The molecule has 1 N–H and O–H groups in total. The highest BCUT2D eigenvalue weighted by molar-refractivity contribution is 5.89. The van der Waals surface area contributed by atoms with Crippen LogP contribution in [0, 0.1) is 0 Å². The number of H-pyrrole nitrogens is 1. The molecule has 8 nitrogen and oxygen atoms in total. The molecule has 1 saturated carbocycles. The molecular weight excluding hydrogens is 358 g/mol. The number of fused-ring (bicyclic) bond motifs is 1. The lowest BCUT2D eigenvalue weighted by atomic mass is 10.1. The zero-order valence-corrected chi connectivity index (χ0v) is 16.3. The number of carbonyl (C=O) groups is 1. The summed E-state index contributed by atoms with van der Waals surface area (Å²) in [7, 11) is 2.13. The number of hydrogen-bond acceptors (Lipinski definition) is 7. The molecule has 2 saturated heterocycles. The Balaban J connectivity index is 1.44. The highest BCUT2D eigenvalue weighted by Crippen LogP contribution is 2.55. The number of carbonyl (C=O) groups excluding carboxylic acids is 1. The number of nitrogens with one attached hydrogen (secondary N) is 1. The van der Waals surface area contributed by atoms with Gasteiger partial charge in [-0.25, -0.2) is 4.98 Å². The van der Waals surface area contributed by atoms with Crippen molar-refractivity contribution in [2.45, 2.75) is 36.8 Å². The molecule has 2 atom stereocenters. The van der Waals surface area contributed by atoms with Gasteiger partial charge in [0, 0.05) is 51.1 Å². The van der Waals surface area contributed by atoms with Crippen LogP contribution in [0.4, 0.5) is 0 Å². The van der Waals surface area contributed by atoms with Gasteiger partial charge in [0.15, 0.2) is 0 Å². The molecule has 0 bridgehead atoms. The number of aldehydes is 1. The van der Waals surface area contributed by atoms with E-state index in [9.17, 15) is 4.79 Å². The molecule has 3 aliphatic rings. The van der Waals surface area contributed by atoms with Crippen LogP contribution >= 0.6 is 0 Å². The lowest BCUT2D eigenvalue weighted by Crippen LogP contribution is -2.51. The molecule has 5 rings (SSSR count). The van der Waals surface area contributed by atoms with E-state index in [2.05, 4.69) is 32.0 Å². The molecule has 1 aliphatic carbocycles. The van der Waals surface area contributed by atoms with Crippen LogP contribution in [0.25, 0.3) is 10.9 Å². The normalized spacial score (nSPS) is 29.8. The average Bonchev–Trinajstić information content (AvgIpc) is 3.31. The summed E-state index contributed by atoms with van der Waals surface area (Å²) in [6.07, 6.45) is 5.55. The predicted molar refractivity (Wildman–Crippen MR) is 104 cm³/mol. The third-order valence-corrected chi connectivity index (χ3v) is 6.52. The molecule has 4 heterocycles. The summed E-state index contributed by atoms with van der Waals surface area (Å²) < 4.78 is 11.7. The van der Waals surface area contributed by atoms with Crippen LogP contribution < -0.4 is 4.74 Å². The first kappa shape index (κ1) is 18.0. The van der Waals surface area contributed by atoms with E-state index in [0.29, 0.717) is 5.88 Å². The Morgan fingerprint density at radius 2 is 2.07 bits per heavy atom. The zero-order valence-electron chi connectivity index (χ0n) is 16.3. The fourth-order valence-corrected chi connectivity index (χ4v) is 4.63. The highest BCUT2D eigenvalue weighted by Gasteiger charge is 2.61. The Morgan fingerprint density at radius 1 is 1.29 bits per heavy atom. The Labute approximate surface area is 164 Å². The minimum atomic E-state index is -0.435. The van der Waals surface area contributed by atoms with Gasteiger partial charge in [-0.05, 0) is 19.5 Å². The molecular formula is C20H27N5O3. The van der Waals surface area contributed by atoms with E-state index in [1.807, 2.05) is 6.07 Å². The molecule has 0 amide bonds. The van der Waals surface area contributed by atoms with Crippen molar-refractivity contribution in [3.63, 3.8) is 0 Å². The highest BCUT2D eigenvalue weighted by atomic mass is 16.5. The first-order valence-electron chi connectivity index (χ1n) is 10.2. The molecule has 0 aromatic carbocycles. The van der Waals surface area contributed by atoms with Gasteiger partial charge in [0.1, 0.15) is 12.4 Å². The van der Waals surface area contributed by atoms with E-state index >= 15 is 0 Å². The van der Waals surface area contributed by atoms with Gasteiger partial charge >= 0.3 is 0 Å². The van der Waals surface area contributed by atoms with E-state index < -0.39 is 5.54 Å². The van der Waals surface area contributed by atoms with Crippen molar-refractivity contribution in [1.82, 2.24) is 25.0 Å². The number of nitrogens with zero attached hydrogens (tertiary/aromatic N) is 4. The maximum Gasteiger partial charge on any atom is 0.225 e. The van der Waals surface area contributed by atoms with Crippen LogP contribution in [0.5, 0.6) is 5.88 Å². The quantitative estimate of drug-likeness (QED) is 0.774. The lowest BCUT2D eigenvalue weighted by Gasteiger charge is -2.36. The molecule has 0 spiro atoms. The zero-order chi connectivity index (χ0) is 19.1. The predicted octanol–water partition coefficient (Wildman–Crippen LogP) is 1.19. The molecule has 8 heteroatoms. The van der Waals surface area contributed by atoms with Crippen LogP contribution in [-0.4, -0.2) is 89.4 Å². The number of pyridine rings is 1. The van der Waals surface area contributed by atoms with E-state index in [1.165, 1.54) is 0 Å². The number of aromatic nitrogens is 3. The van der Waals surface area contributed by atoms with Crippen LogP contribution in [0.15, 0.2) is 12.3 Å². The SMILES string of the molecule is CN1CCN(C2(C=O)CC2c2n[nH]c3ccnc(OC4CCOCC4)c23)CC1. The standard InChI is InChI=1S/C20H27N5O3/c1-24-6-8-25(9-7-24)20(13-26)12-15(20)18-17-16(22-23-18)2-5-21-19(17)28-14-3-10-27-11-4-14/h2,5,13-15H,3-4,6-12H2,1H3,(H,22,23). The molecule has 2 unspecified atom stereocenters. The third-order valence-electron chi connectivity index (χ3n) is 6.52. The van der Waals surface area contributed by atoms with Crippen molar-refractivity contribution < 1.29 is 14.3 Å². The van der Waals surface area contributed by atoms with Crippen LogP contribution in [-0.2, 0) is 9.53 Å². The molecule has 28 heavy (non-hydrogen) atoms. The first-order chi connectivity index (χ1) is 13.7. The Hall–Kier alpha value is -2.03. The Kier molecular flexibility index (Phi) is 4.57. The van der Waals surface area contributed by atoms with E-state index in [4.69, 9.17) is 9.47 Å². The van der Waals surface area contributed by atoms with E-state index in [-0.39, 0.29) is 12.0 Å². The number of likely N-dealkylation sites (N-methyl/N-ethyl adjacent to an activating group) is 1. The summed E-state index contributed by atoms with van der Waals surface area (Å²) in [4.78, 5) is 21.3. The second-order valence-electron chi connectivity index (χ2n) is 8.23. The summed E-state index contributed by atoms with van der Waals surface area (Å²) in [6.45, 7) is 5.25. The Bertz CT molecular complexity index is 857. The molecule has 3 fully saturated rings. The monoisotopic (exact) mass is 385 g/mol. The molecule has 2 aromatic rings. The fraction of sp³-hybridized carbons (Fsp3) is 0.650. The van der Waals surface area contributed by atoms with Crippen molar-refractivity contribution in [2.24, 2.45) is 0 Å². The largest absolute Gasteiger partial charge is 0.474 e. The first-order valence-corrected chi connectivity index (χ1v) is 10.2. The minimum absolute atomic E-state index is 0.0865. The van der Waals surface area contributed by atoms with Gasteiger partial charge < -0.3 is 19.2 Å². The van der Waals surface area contributed by atoms with E-state index in [0.717, 1.165) is 81.5 Å². The molecule has 150 valence electrons. The van der Waals surface area contributed by atoms with Crippen molar-refractivity contribution in [3.8, 4) is 5.88 Å². The van der Waals surface area contributed by atoms with Gasteiger partial charge in [-0.3, -0.25) is 10.00 Å². The summed E-state index contributed by atoms with van der Waals surface area (Å²) in [6, 6.07) is 1.92. The maximum absolute atomic E-state index is 12.2. The molecule has 2 aliphatic heterocycles. The van der Waals surface area contributed by atoms with Crippen molar-refractivity contribution in [2.75, 3.05) is 46.4 Å². The maximum atomic E-state index is 12.2. The number of ether oxygens (including phenoxy) is 2. The van der Waals surface area contributed by atoms with Gasteiger partial charge in [-0.15, -0.1) is 0 Å². The van der Waals surface area contributed by atoms with E-state index in [1.54, 1.807) is 6.20 Å². The average molecular weight is 385 g/mol. The Morgan fingerprint density at radius 3 is 2.82 bits per heavy atom. The fourth-order valence-electron chi connectivity index (χ4n) is 4.63. The summed E-state index contributed by atoms with van der Waals surface area (Å²) in [5, 5.41) is 8.65. The van der Waals surface area contributed by atoms with Gasteiger partial charge in [0.2, 0.25) is 5.88 Å². The molecule has 2 aromatic heterocycles. The van der Waals surface area contributed by atoms with Crippen LogP contribution in [0.3, 0.4) is 0 Å². The van der Waals surface area contributed by atoms with Crippen molar-refractivity contribution in [1.29, 1.82) is 0 Å². The smallest absolute Gasteiger partial charge is 0.225 e. The number of rotatable bonds is 5. The summed E-state index contributed by atoms with van der Waals surface area (Å²) in [5.41, 5.74) is 1.39. The topological polar surface area (TPSA) is 83.6 Å². The van der Waals surface area contributed by atoms with Gasteiger partial charge in [0.25, 0.3) is 0 Å². The minimum Gasteiger partial charge on any atom is -0.474 e. The third kappa shape index (κ3) is 3.00. The van der Waals surface area contributed by atoms with Crippen LogP contribution in [0.1, 0.15) is 30.9 Å². The second-order valence-corrected chi connectivity index (χ2v) is 8.23. The van der Waals surface area contributed by atoms with Crippen molar-refractivity contribution in [3.05, 3.63) is 18.0 Å². The molecule has 0 radical (unpaired) electrons. The lowest BCUT2D eigenvalue weighted by molar-refractivity contribution is -0.114. The van der Waals surface area contributed by atoms with Gasteiger partial charge in [-0.1, -0.05) is 0 Å². The van der Waals surface area contributed by atoms with Crippen LogP contribution in [0.2, 0.25) is 0 Å². The number of piperazine rings is 1. The second kappa shape index (κ2) is 7.09. The summed E-state index contributed by atoms with van der Waals surface area (Å²) in [5.74, 6) is 0.710. The summed E-state index contributed by atoms with van der Waals surface area (Å²) >= 11 is 0. The number of aromatic amines is 1. The van der Waals surface area contributed by atoms with Crippen molar-refractivity contribution >= 4 is 17.2 Å². The van der Waals surface area contributed by atoms with Gasteiger partial charge in [0.05, 0.1) is 35.3 Å². The number of hydrogen-bond donors (Lipinski definition) is 1.